The van der Waals surface area contributed by atoms with Crippen LogP contribution in [0.5, 0.6) is 5.75 Å². The van der Waals surface area contributed by atoms with Crippen LogP contribution in [0.4, 0.5) is 0 Å². The van der Waals surface area contributed by atoms with Crippen molar-refractivity contribution in [1.82, 2.24) is 5.32 Å². The highest BCUT2D eigenvalue weighted by Crippen LogP contribution is 2.27. The minimum absolute atomic E-state index is 0.428. The molecule has 1 unspecified atom stereocenters. The van der Waals surface area contributed by atoms with Crippen molar-refractivity contribution >= 4 is 17.5 Å². The van der Waals surface area contributed by atoms with Crippen molar-refractivity contribution in [1.29, 1.82) is 0 Å². The van der Waals surface area contributed by atoms with E-state index in [9.17, 15) is 4.79 Å². The van der Waals surface area contributed by atoms with Gasteiger partial charge < -0.3 is 15.8 Å². The number of hydrogen-bond donors (Lipinski definition) is 2. The third-order valence-corrected chi connectivity index (χ3v) is 2.50. The lowest BCUT2D eigenvalue weighted by molar-refractivity contribution is -0.120. The van der Waals surface area contributed by atoms with Gasteiger partial charge in [0.15, 0.2) is 0 Å². The molecule has 5 heteroatoms. The Morgan fingerprint density at radius 2 is 2.31 bits per heavy atom. The zero-order valence-corrected chi connectivity index (χ0v) is 10.0. The first-order valence-electron chi connectivity index (χ1n) is 4.96. The Balaban J connectivity index is 3.01. The van der Waals surface area contributed by atoms with E-state index >= 15 is 0 Å². The van der Waals surface area contributed by atoms with Crippen LogP contribution in [-0.4, -0.2) is 19.6 Å². The van der Waals surface area contributed by atoms with Crippen LogP contribution in [0.25, 0.3) is 0 Å². The van der Waals surface area contributed by atoms with E-state index in [0.29, 0.717) is 17.3 Å². The molecule has 0 aliphatic rings. The highest BCUT2D eigenvalue weighted by Gasteiger charge is 2.17. The van der Waals surface area contributed by atoms with Crippen molar-refractivity contribution in [3.8, 4) is 5.75 Å². The summed E-state index contributed by atoms with van der Waals surface area (Å²) >= 11 is 5.97. The van der Waals surface area contributed by atoms with Crippen LogP contribution in [0.2, 0.25) is 5.02 Å². The summed E-state index contributed by atoms with van der Waals surface area (Å²) in [7, 11) is 1.54. The third kappa shape index (κ3) is 2.87. The van der Waals surface area contributed by atoms with Gasteiger partial charge in [0.2, 0.25) is 5.91 Å². The highest BCUT2D eigenvalue weighted by atomic mass is 35.5. The third-order valence-electron chi connectivity index (χ3n) is 2.20. The molecule has 0 aromatic heterocycles. The predicted molar refractivity (Wildman–Crippen MR) is 63.6 cm³/mol. The van der Waals surface area contributed by atoms with Gasteiger partial charge in [-0.05, 0) is 24.2 Å². The molecule has 0 radical (unpaired) electrons. The fourth-order valence-electron chi connectivity index (χ4n) is 1.45. The monoisotopic (exact) mass is 242 g/mol. The SMILES string of the molecule is CCNC(C(N)=O)c1ccc(OC)c(Cl)c1. The number of primary amides is 1. The van der Waals surface area contributed by atoms with Gasteiger partial charge in [-0.1, -0.05) is 24.6 Å². The number of likely N-dealkylation sites (N-methyl/N-ethyl adjacent to an activating group) is 1. The van der Waals surface area contributed by atoms with E-state index in [2.05, 4.69) is 5.32 Å². The van der Waals surface area contributed by atoms with Gasteiger partial charge in [0.1, 0.15) is 11.8 Å². The number of benzene rings is 1. The van der Waals surface area contributed by atoms with Crippen molar-refractivity contribution in [2.24, 2.45) is 5.73 Å². The number of ether oxygens (including phenoxy) is 1. The second-order valence-corrected chi connectivity index (χ2v) is 3.69. The lowest BCUT2D eigenvalue weighted by Gasteiger charge is -2.15. The smallest absolute Gasteiger partial charge is 0.239 e. The summed E-state index contributed by atoms with van der Waals surface area (Å²) in [5.41, 5.74) is 6.04. The van der Waals surface area contributed by atoms with Crippen molar-refractivity contribution in [3.63, 3.8) is 0 Å². The number of carbonyl (C=O) groups is 1. The number of hydrogen-bond acceptors (Lipinski definition) is 3. The number of carbonyl (C=O) groups excluding carboxylic acids is 1. The zero-order valence-electron chi connectivity index (χ0n) is 9.29. The molecule has 0 aliphatic carbocycles. The van der Waals surface area contributed by atoms with E-state index in [1.165, 1.54) is 7.11 Å². The first-order chi connectivity index (χ1) is 7.60. The maximum Gasteiger partial charge on any atom is 0.239 e. The number of halogens is 1. The van der Waals surface area contributed by atoms with E-state index in [1.807, 2.05) is 6.92 Å². The van der Waals surface area contributed by atoms with E-state index in [0.717, 1.165) is 5.56 Å². The first-order valence-corrected chi connectivity index (χ1v) is 5.34. The molecule has 1 aromatic carbocycles. The van der Waals surface area contributed by atoms with Gasteiger partial charge in [-0.25, -0.2) is 0 Å². The number of nitrogens with one attached hydrogen (secondary N) is 1. The molecule has 88 valence electrons. The molecule has 0 bridgehead atoms. The molecular weight excluding hydrogens is 228 g/mol. The molecular formula is C11H15ClN2O2. The van der Waals surface area contributed by atoms with Crippen molar-refractivity contribution in [2.45, 2.75) is 13.0 Å². The van der Waals surface area contributed by atoms with Crippen LogP contribution >= 0.6 is 11.6 Å². The summed E-state index contributed by atoms with van der Waals surface area (Å²) < 4.78 is 5.03. The van der Waals surface area contributed by atoms with Crippen LogP contribution in [0.1, 0.15) is 18.5 Å². The second kappa shape index (κ2) is 5.72. The minimum atomic E-state index is -0.520. The molecule has 0 spiro atoms. The molecule has 16 heavy (non-hydrogen) atoms. The summed E-state index contributed by atoms with van der Waals surface area (Å²) in [6, 6.07) is 4.64. The molecule has 0 aliphatic heterocycles. The standard InChI is InChI=1S/C11H15ClN2O2/c1-3-14-10(11(13)15)7-4-5-9(16-2)8(12)6-7/h4-6,10,14H,3H2,1-2H3,(H2,13,15). The first kappa shape index (κ1) is 12.8. The summed E-state index contributed by atoms with van der Waals surface area (Å²) in [4.78, 5) is 11.2. The molecule has 0 fully saturated rings. The van der Waals surface area contributed by atoms with E-state index in [4.69, 9.17) is 22.1 Å². The Kier molecular flexibility index (Phi) is 4.58. The van der Waals surface area contributed by atoms with Gasteiger partial charge >= 0.3 is 0 Å². The Morgan fingerprint density at radius 3 is 2.75 bits per heavy atom. The minimum Gasteiger partial charge on any atom is -0.495 e. The topological polar surface area (TPSA) is 64.3 Å². The Labute approximate surface area is 99.7 Å². The lowest BCUT2D eigenvalue weighted by atomic mass is 10.1. The normalized spacial score (nSPS) is 12.2. The number of nitrogens with two attached hydrogens (primary N) is 1. The molecule has 1 amide bonds. The Bertz CT molecular complexity index is 382. The van der Waals surface area contributed by atoms with Gasteiger partial charge in [-0.15, -0.1) is 0 Å². The fraction of sp³-hybridized carbons (Fsp3) is 0.364. The molecule has 1 atom stereocenters. The lowest BCUT2D eigenvalue weighted by Crippen LogP contribution is -2.33. The maximum atomic E-state index is 11.2. The van der Waals surface area contributed by atoms with Gasteiger partial charge in [0, 0.05) is 0 Å². The predicted octanol–water partition coefficient (Wildman–Crippen LogP) is 1.48. The maximum absolute atomic E-state index is 11.2. The van der Waals surface area contributed by atoms with E-state index in [-0.39, 0.29) is 0 Å². The van der Waals surface area contributed by atoms with Crippen molar-refractivity contribution in [2.75, 3.05) is 13.7 Å². The average Bonchev–Trinajstić information content (AvgIpc) is 2.25. The van der Waals surface area contributed by atoms with Crippen LogP contribution in [0.15, 0.2) is 18.2 Å². The van der Waals surface area contributed by atoms with Crippen molar-refractivity contribution < 1.29 is 9.53 Å². The molecule has 4 nitrogen and oxygen atoms in total. The highest BCUT2D eigenvalue weighted by molar-refractivity contribution is 6.32. The fourth-order valence-corrected chi connectivity index (χ4v) is 1.72. The van der Waals surface area contributed by atoms with Crippen LogP contribution in [0, 0.1) is 0 Å². The molecule has 3 N–H and O–H groups in total. The average molecular weight is 243 g/mol. The molecule has 0 saturated heterocycles. The molecule has 0 saturated carbocycles. The van der Waals surface area contributed by atoms with Crippen LogP contribution in [-0.2, 0) is 4.79 Å². The van der Waals surface area contributed by atoms with Crippen LogP contribution < -0.4 is 15.8 Å². The summed E-state index contributed by atoms with van der Waals surface area (Å²) in [5.74, 6) is 0.146. The summed E-state index contributed by atoms with van der Waals surface area (Å²) in [5, 5.41) is 3.45. The quantitative estimate of drug-likeness (QED) is 0.822. The number of rotatable bonds is 5. The summed E-state index contributed by atoms with van der Waals surface area (Å²) in [6.45, 7) is 2.55. The second-order valence-electron chi connectivity index (χ2n) is 3.29. The molecule has 1 aromatic rings. The molecule has 1 rings (SSSR count). The Hall–Kier alpha value is -1.26. The summed E-state index contributed by atoms with van der Waals surface area (Å²) in [6.07, 6.45) is 0. The van der Waals surface area contributed by atoms with E-state index in [1.54, 1.807) is 18.2 Å². The van der Waals surface area contributed by atoms with Crippen LogP contribution in [0.3, 0.4) is 0 Å². The van der Waals surface area contributed by atoms with Gasteiger partial charge in [-0.2, -0.15) is 0 Å². The van der Waals surface area contributed by atoms with Crippen molar-refractivity contribution in [3.05, 3.63) is 28.8 Å². The number of amides is 1. The zero-order chi connectivity index (χ0) is 12.1. The van der Waals surface area contributed by atoms with Gasteiger partial charge in [0.25, 0.3) is 0 Å². The number of methoxy groups -OCH3 is 1. The molecule has 0 heterocycles. The van der Waals surface area contributed by atoms with E-state index < -0.39 is 11.9 Å². The van der Waals surface area contributed by atoms with Gasteiger partial charge in [-0.3, -0.25) is 4.79 Å². The largest absolute Gasteiger partial charge is 0.495 e. The van der Waals surface area contributed by atoms with Gasteiger partial charge in [0.05, 0.1) is 12.1 Å². The Morgan fingerprint density at radius 1 is 1.62 bits per heavy atom.